The molecular weight excluding hydrogens is 432 g/mol. The number of nitrogens with zero attached hydrogens (tertiary/aromatic N) is 3. The van der Waals surface area contributed by atoms with Crippen LogP contribution in [0, 0.1) is 5.92 Å². The zero-order valence-corrected chi connectivity index (χ0v) is 18.4. The molecule has 0 atom stereocenters. The van der Waals surface area contributed by atoms with Gasteiger partial charge in [-0.15, -0.1) is 0 Å². The maximum atomic E-state index is 12.9. The molecule has 32 heavy (non-hydrogen) atoms. The number of benzene rings is 2. The van der Waals surface area contributed by atoms with Crippen molar-refractivity contribution in [3.63, 3.8) is 0 Å². The summed E-state index contributed by atoms with van der Waals surface area (Å²) in [5.41, 5.74) is 0.833. The van der Waals surface area contributed by atoms with Gasteiger partial charge in [0.2, 0.25) is 27.6 Å². The molecular formula is C22H24N4O5S. The topological polar surface area (TPSA) is 115 Å². The Bertz CT molecular complexity index is 1150. The smallest absolute Gasteiger partial charge is 0.246 e. The number of amides is 1. The summed E-state index contributed by atoms with van der Waals surface area (Å²) in [5.74, 6) is 0.958. The van der Waals surface area contributed by atoms with Crippen LogP contribution in [0.4, 0.5) is 0 Å². The number of rotatable bonds is 7. The Balaban J connectivity index is 1.29. The van der Waals surface area contributed by atoms with Crippen LogP contribution in [0.2, 0.25) is 0 Å². The van der Waals surface area contributed by atoms with Gasteiger partial charge in [-0.25, -0.2) is 8.42 Å². The second-order valence-corrected chi connectivity index (χ2v) is 9.39. The lowest BCUT2D eigenvalue weighted by Gasteiger charge is -2.30. The molecule has 9 nitrogen and oxygen atoms in total. The van der Waals surface area contributed by atoms with Crippen molar-refractivity contribution in [3.05, 3.63) is 60.5 Å². The summed E-state index contributed by atoms with van der Waals surface area (Å²) in [6.07, 6.45) is 0.890. The van der Waals surface area contributed by atoms with E-state index in [-0.39, 0.29) is 36.4 Å². The lowest BCUT2D eigenvalue weighted by Crippen LogP contribution is -2.42. The number of nitrogens with one attached hydrogen (secondary N) is 1. The molecule has 0 spiro atoms. The van der Waals surface area contributed by atoms with Crippen LogP contribution < -0.4 is 10.1 Å². The maximum absolute atomic E-state index is 12.9. The molecule has 2 heterocycles. The highest BCUT2D eigenvalue weighted by Crippen LogP contribution is 2.25. The summed E-state index contributed by atoms with van der Waals surface area (Å²) in [7, 11) is -2.07. The number of ether oxygens (including phenoxy) is 1. The fourth-order valence-corrected chi connectivity index (χ4v) is 5.06. The van der Waals surface area contributed by atoms with Crippen LogP contribution in [-0.4, -0.2) is 49.0 Å². The Labute approximate surface area is 186 Å². The minimum absolute atomic E-state index is 0.128. The van der Waals surface area contributed by atoms with Gasteiger partial charge in [-0.2, -0.15) is 9.29 Å². The second-order valence-electron chi connectivity index (χ2n) is 7.45. The average Bonchev–Trinajstić information content (AvgIpc) is 3.32. The molecule has 2 aromatic carbocycles. The van der Waals surface area contributed by atoms with E-state index in [1.165, 1.54) is 23.5 Å². The van der Waals surface area contributed by atoms with E-state index in [0.29, 0.717) is 30.3 Å². The minimum Gasteiger partial charge on any atom is -0.497 e. The minimum atomic E-state index is -3.60. The van der Waals surface area contributed by atoms with Crippen LogP contribution in [-0.2, 0) is 21.4 Å². The standard InChI is InChI=1S/C22H24N4O5S/c1-30-18-7-9-19(10-8-18)32(28,29)26-13-11-17(12-14-26)22(27)23-15-20-24-21(25-31-20)16-5-3-2-4-6-16/h2-10,17H,11-15H2,1H3,(H,23,27). The molecule has 0 radical (unpaired) electrons. The van der Waals surface area contributed by atoms with Crippen LogP contribution in [0.1, 0.15) is 18.7 Å². The Morgan fingerprint density at radius 2 is 1.81 bits per heavy atom. The predicted octanol–water partition coefficient (Wildman–Crippen LogP) is 2.46. The third-order valence-corrected chi connectivity index (χ3v) is 7.35. The van der Waals surface area contributed by atoms with Gasteiger partial charge in [-0.05, 0) is 37.1 Å². The molecule has 1 aliphatic rings. The number of carbonyl (C=O) groups excluding carboxylic acids is 1. The number of aromatic nitrogens is 2. The molecule has 3 aromatic rings. The van der Waals surface area contributed by atoms with Crippen LogP contribution in [0.3, 0.4) is 0 Å². The first-order valence-corrected chi connectivity index (χ1v) is 11.7. The van der Waals surface area contributed by atoms with Gasteiger partial charge >= 0.3 is 0 Å². The number of piperidine rings is 1. The third-order valence-electron chi connectivity index (χ3n) is 5.44. The molecule has 1 N–H and O–H groups in total. The number of carbonyl (C=O) groups is 1. The summed E-state index contributed by atoms with van der Waals surface area (Å²) in [6, 6.07) is 15.7. The van der Waals surface area contributed by atoms with Gasteiger partial charge in [-0.1, -0.05) is 35.5 Å². The average molecular weight is 457 g/mol. The van der Waals surface area contributed by atoms with Crippen LogP contribution in [0.15, 0.2) is 64.0 Å². The summed E-state index contributed by atoms with van der Waals surface area (Å²) in [4.78, 5) is 17.1. The third kappa shape index (κ3) is 4.81. The molecule has 1 fully saturated rings. The Hall–Kier alpha value is -3.24. The molecule has 1 saturated heterocycles. The van der Waals surface area contributed by atoms with Crippen molar-refractivity contribution in [2.45, 2.75) is 24.3 Å². The van der Waals surface area contributed by atoms with E-state index < -0.39 is 10.0 Å². The summed E-state index contributed by atoms with van der Waals surface area (Å²) in [6.45, 7) is 0.694. The highest BCUT2D eigenvalue weighted by molar-refractivity contribution is 7.89. The predicted molar refractivity (Wildman–Crippen MR) is 116 cm³/mol. The quantitative estimate of drug-likeness (QED) is 0.581. The molecule has 10 heteroatoms. The van der Waals surface area contributed by atoms with Crippen LogP contribution >= 0.6 is 0 Å². The van der Waals surface area contributed by atoms with Crippen LogP contribution in [0.5, 0.6) is 5.75 Å². The number of hydrogen-bond acceptors (Lipinski definition) is 7. The normalized spacial score (nSPS) is 15.4. The van der Waals surface area contributed by atoms with Gasteiger partial charge in [0.1, 0.15) is 5.75 Å². The molecule has 0 saturated carbocycles. The molecule has 1 amide bonds. The fourth-order valence-electron chi connectivity index (χ4n) is 3.59. The summed E-state index contributed by atoms with van der Waals surface area (Å²) in [5, 5.41) is 6.75. The summed E-state index contributed by atoms with van der Waals surface area (Å²) >= 11 is 0. The Kier molecular flexibility index (Phi) is 6.52. The number of sulfonamides is 1. The fraction of sp³-hybridized carbons (Fsp3) is 0.318. The first-order valence-electron chi connectivity index (χ1n) is 10.3. The monoisotopic (exact) mass is 456 g/mol. The van der Waals surface area contributed by atoms with Crippen molar-refractivity contribution in [1.82, 2.24) is 19.8 Å². The van der Waals surface area contributed by atoms with E-state index >= 15 is 0 Å². The van der Waals surface area contributed by atoms with Gasteiger partial charge in [0.05, 0.1) is 18.6 Å². The zero-order chi connectivity index (χ0) is 22.6. The van der Waals surface area contributed by atoms with E-state index in [9.17, 15) is 13.2 Å². The molecule has 4 rings (SSSR count). The second kappa shape index (κ2) is 9.49. The largest absolute Gasteiger partial charge is 0.497 e. The Morgan fingerprint density at radius 3 is 2.47 bits per heavy atom. The van der Waals surface area contributed by atoms with Crippen molar-refractivity contribution in [1.29, 1.82) is 0 Å². The molecule has 0 unspecified atom stereocenters. The molecule has 168 valence electrons. The van der Waals surface area contributed by atoms with E-state index in [1.54, 1.807) is 12.1 Å². The van der Waals surface area contributed by atoms with Gasteiger partial charge in [0.25, 0.3) is 0 Å². The van der Waals surface area contributed by atoms with Gasteiger partial charge in [0, 0.05) is 24.6 Å². The molecule has 1 aliphatic heterocycles. The Morgan fingerprint density at radius 1 is 1.12 bits per heavy atom. The van der Waals surface area contributed by atoms with E-state index in [1.807, 2.05) is 30.3 Å². The highest BCUT2D eigenvalue weighted by Gasteiger charge is 2.32. The van der Waals surface area contributed by atoms with Crippen molar-refractivity contribution in [2.24, 2.45) is 5.92 Å². The van der Waals surface area contributed by atoms with Gasteiger partial charge in [0.15, 0.2) is 0 Å². The van der Waals surface area contributed by atoms with Crippen molar-refractivity contribution < 1.29 is 22.5 Å². The highest BCUT2D eigenvalue weighted by atomic mass is 32.2. The van der Waals surface area contributed by atoms with Gasteiger partial charge in [-0.3, -0.25) is 4.79 Å². The maximum Gasteiger partial charge on any atom is 0.246 e. The zero-order valence-electron chi connectivity index (χ0n) is 17.6. The lowest BCUT2D eigenvalue weighted by atomic mass is 9.97. The first kappa shape index (κ1) is 22.0. The number of methoxy groups -OCH3 is 1. The lowest BCUT2D eigenvalue weighted by molar-refractivity contribution is -0.126. The van der Waals surface area contributed by atoms with E-state index in [4.69, 9.17) is 9.26 Å². The SMILES string of the molecule is COc1ccc(S(=O)(=O)N2CCC(C(=O)NCc3nc(-c4ccccc4)no3)CC2)cc1. The van der Waals surface area contributed by atoms with E-state index in [2.05, 4.69) is 15.5 Å². The van der Waals surface area contributed by atoms with E-state index in [0.717, 1.165) is 5.56 Å². The molecule has 1 aromatic heterocycles. The molecule has 0 aliphatic carbocycles. The van der Waals surface area contributed by atoms with Crippen molar-refractivity contribution in [2.75, 3.05) is 20.2 Å². The van der Waals surface area contributed by atoms with Crippen molar-refractivity contribution >= 4 is 15.9 Å². The summed E-state index contributed by atoms with van der Waals surface area (Å²) < 4.78 is 37.4. The van der Waals surface area contributed by atoms with Gasteiger partial charge < -0.3 is 14.6 Å². The van der Waals surface area contributed by atoms with Crippen LogP contribution in [0.25, 0.3) is 11.4 Å². The first-order chi connectivity index (χ1) is 15.5. The number of hydrogen-bond donors (Lipinski definition) is 1. The van der Waals surface area contributed by atoms with Crippen molar-refractivity contribution in [3.8, 4) is 17.1 Å². The molecule has 0 bridgehead atoms.